The first-order chi connectivity index (χ1) is 14.7. The van der Waals surface area contributed by atoms with Crippen molar-refractivity contribution in [1.82, 2.24) is 9.73 Å². The smallest absolute Gasteiger partial charge is 0.243 e. The monoisotopic (exact) mass is 476 g/mol. The molecule has 0 atom stereocenters. The predicted octanol–water partition coefficient (Wildman–Crippen LogP) is 3.80. The average Bonchev–Trinajstić information content (AvgIpc) is 3.16. The van der Waals surface area contributed by atoms with Crippen LogP contribution in [0, 0.1) is 6.92 Å². The first-order valence-corrected chi connectivity index (χ1v) is 11.4. The first kappa shape index (κ1) is 23.0. The number of nitrogens with two attached hydrogens (primary N) is 1. The minimum absolute atomic E-state index is 0.0290. The maximum atomic E-state index is 13.3. The lowest BCUT2D eigenvalue weighted by molar-refractivity contribution is 0.357. The van der Waals surface area contributed by atoms with Gasteiger partial charge in [-0.15, -0.1) is 0 Å². The summed E-state index contributed by atoms with van der Waals surface area (Å²) >= 11 is 10.6. The maximum Gasteiger partial charge on any atom is 0.243 e. The van der Waals surface area contributed by atoms with Crippen LogP contribution in [0.15, 0.2) is 75.1 Å². The molecule has 0 radical (unpaired) electrons. The highest BCUT2D eigenvalue weighted by molar-refractivity contribution is 7.89. The van der Waals surface area contributed by atoms with Crippen molar-refractivity contribution in [2.45, 2.75) is 24.9 Å². The van der Waals surface area contributed by atoms with Gasteiger partial charge in [0.2, 0.25) is 10.0 Å². The summed E-state index contributed by atoms with van der Waals surface area (Å²) < 4.78 is 33.8. The van der Waals surface area contributed by atoms with Crippen molar-refractivity contribution in [2.24, 2.45) is 10.8 Å². The summed E-state index contributed by atoms with van der Waals surface area (Å²) in [5.74, 6) is 0.888. The van der Waals surface area contributed by atoms with E-state index in [2.05, 4.69) is 22.7 Å². The summed E-state index contributed by atoms with van der Waals surface area (Å²) in [6.45, 7) is 2.19. The molecule has 0 aliphatic heterocycles. The maximum absolute atomic E-state index is 13.3. The van der Waals surface area contributed by atoms with Crippen molar-refractivity contribution in [2.75, 3.05) is 0 Å². The zero-order valence-corrected chi connectivity index (χ0v) is 19.0. The van der Waals surface area contributed by atoms with Gasteiger partial charge >= 0.3 is 0 Å². The Hall–Kier alpha value is -2.72. The molecule has 0 aliphatic rings. The van der Waals surface area contributed by atoms with Crippen LogP contribution in [0.2, 0.25) is 5.02 Å². The molecular weight excluding hydrogens is 456 g/mol. The number of rotatable bonds is 8. The third kappa shape index (κ3) is 6.38. The summed E-state index contributed by atoms with van der Waals surface area (Å²) in [4.78, 5) is 0.151. The molecule has 7 nitrogen and oxygen atoms in total. The molecule has 0 bridgehead atoms. The Balaban J connectivity index is 1.88. The fourth-order valence-electron chi connectivity index (χ4n) is 2.76. The van der Waals surface area contributed by atoms with E-state index in [0.717, 1.165) is 11.1 Å². The number of hydrogen-bond donors (Lipinski definition) is 2. The molecule has 0 saturated heterocycles. The molecule has 0 amide bonds. The Morgan fingerprint density at radius 3 is 2.45 bits per heavy atom. The molecule has 0 spiro atoms. The van der Waals surface area contributed by atoms with Crippen LogP contribution in [0.1, 0.15) is 22.6 Å². The molecule has 1 heterocycles. The number of thiocarbonyl (C=S) groups is 1. The number of hydrazone groups is 1. The molecule has 0 fully saturated rings. The predicted molar refractivity (Wildman–Crippen MR) is 125 cm³/mol. The lowest BCUT2D eigenvalue weighted by Crippen LogP contribution is -2.30. The topological polar surface area (TPSA) is 101 Å². The molecule has 3 rings (SSSR count). The minimum Gasteiger partial charge on any atom is -0.459 e. The zero-order valence-electron chi connectivity index (χ0n) is 16.7. The van der Waals surface area contributed by atoms with Crippen LogP contribution >= 0.6 is 23.8 Å². The van der Waals surface area contributed by atoms with Gasteiger partial charge in [0.15, 0.2) is 5.11 Å². The van der Waals surface area contributed by atoms with Gasteiger partial charge in [-0.2, -0.15) is 9.41 Å². The molecule has 162 valence electrons. The van der Waals surface area contributed by atoms with Gasteiger partial charge in [-0.25, -0.2) is 8.42 Å². The van der Waals surface area contributed by atoms with Crippen molar-refractivity contribution < 1.29 is 12.8 Å². The van der Waals surface area contributed by atoms with E-state index < -0.39 is 10.0 Å². The average molecular weight is 477 g/mol. The van der Waals surface area contributed by atoms with Gasteiger partial charge < -0.3 is 10.2 Å². The number of sulfonamides is 1. The molecule has 1 aromatic heterocycles. The van der Waals surface area contributed by atoms with E-state index in [9.17, 15) is 8.42 Å². The van der Waals surface area contributed by atoms with Crippen LogP contribution in [0.25, 0.3) is 0 Å². The van der Waals surface area contributed by atoms with Crippen molar-refractivity contribution in [3.8, 4) is 0 Å². The van der Waals surface area contributed by atoms with E-state index in [1.165, 1.54) is 22.7 Å². The number of nitrogens with zero attached hydrogens (tertiary/aromatic N) is 2. The fraction of sp³-hybridized carbons (Fsp3) is 0.143. The summed E-state index contributed by atoms with van der Waals surface area (Å²) in [5, 5.41) is 4.33. The molecule has 3 N–H and O–H groups in total. The van der Waals surface area contributed by atoms with E-state index in [1.54, 1.807) is 24.3 Å². The largest absolute Gasteiger partial charge is 0.459 e. The summed E-state index contributed by atoms with van der Waals surface area (Å²) in [7, 11) is -3.81. The van der Waals surface area contributed by atoms with E-state index in [4.69, 9.17) is 21.8 Å². The second-order valence-electron chi connectivity index (χ2n) is 6.75. The van der Waals surface area contributed by atoms with Gasteiger partial charge in [0.25, 0.3) is 0 Å². The Kier molecular flexibility index (Phi) is 7.45. The second-order valence-corrected chi connectivity index (χ2v) is 9.57. The first-order valence-electron chi connectivity index (χ1n) is 9.22. The summed E-state index contributed by atoms with van der Waals surface area (Å²) in [6.07, 6.45) is 1.40. The van der Waals surface area contributed by atoms with Gasteiger partial charge in [-0.1, -0.05) is 41.4 Å². The number of benzene rings is 2. The number of aryl methyl sites for hydroxylation is 1. The van der Waals surface area contributed by atoms with Gasteiger partial charge in [0.05, 0.1) is 17.7 Å². The van der Waals surface area contributed by atoms with Crippen molar-refractivity contribution in [3.05, 3.63) is 88.3 Å². The van der Waals surface area contributed by atoms with Crippen molar-refractivity contribution in [3.63, 3.8) is 0 Å². The normalized spacial score (nSPS) is 11.8. The van der Waals surface area contributed by atoms with Gasteiger partial charge in [-0.05, 0) is 61.1 Å². The quantitative estimate of drug-likeness (QED) is 0.291. The number of furan rings is 1. The van der Waals surface area contributed by atoms with E-state index in [-0.39, 0.29) is 23.1 Å². The molecule has 0 unspecified atom stereocenters. The standard InChI is InChI=1S/C21H21ClN4O3S2/c1-15-2-4-16(5-3-15)13-26(31(27,28)20-10-6-17(22)7-11-20)14-19-9-8-18(29-19)12-24-25-21(23)30/h2-12H,13-14H2,1H3,(H3,23,25,30)/b24-12+. The van der Waals surface area contributed by atoms with Crippen molar-refractivity contribution in [1.29, 1.82) is 0 Å². The lowest BCUT2D eigenvalue weighted by Gasteiger charge is -2.21. The van der Waals surface area contributed by atoms with Crippen LogP contribution in [-0.2, 0) is 23.1 Å². The Morgan fingerprint density at radius 2 is 1.81 bits per heavy atom. The van der Waals surface area contributed by atoms with E-state index in [1.807, 2.05) is 31.2 Å². The lowest BCUT2D eigenvalue weighted by atomic mass is 10.1. The van der Waals surface area contributed by atoms with Crippen LogP contribution in [-0.4, -0.2) is 24.1 Å². The third-order valence-electron chi connectivity index (χ3n) is 4.31. The highest BCUT2D eigenvalue weighted by atomic mass is 35.5. The molecular formula is C21H21ClN4O3S2. The number of nitrogens with one attached hydrogen (secondary N) is 1. The molecule has 10 heteroatoms. The molecule has 3 aromatic rings. The minimum atomic E-state index is -3.81. The van der Waals surface area contributed by atoms with Crippen LogP contribution in [0.4, 0.5) is 0 Å². The molecule has 0 aliphatic carbocycles. The van der Waals surface area contributed by atoms with Gasteiger partial charge in [0.1, 0.15) is 11.5 Å². The number of hydrogen-bond acceptors (Lipinski definition) is 5. The summed E-state index contributed by atoms with van der Waals surface area (Å²) in [5.41, 5.74) is 9.70. The Morgan fingerprint density at radius 1 is 1.13 bits per heavy atom. The van der Waals surface area contributed by atoms with Crippen molar-refractivity contribution >= 4 is 45.2 Å². The highest BCUT2D eigenvalue weighted by Crippen LogP contribution is 2.23. The fourth-order valence-corrected chi connectivity index (χ4v) is 4.33. The van der Waals surface area contributed by atoms with Gasteiger partial charge in [0, 0.05) is 11.6 Å². The van der Waals surface area contributed by atoms with E-state index >= 15 is 0 Å². The second kappa shape index (κ2) is 10.1. The Bertz CT molecular complexity index is 1170. The molecule has 31 heavy (non-hydrogen) atoms. The third-order valence-corrected chi connectivity index (χ3v) is 6.46. The summed E-state index contributed by atoms with van der Waals surface area (Å²) in [6, 6.07) is 17.1. The van der Waals surface area contributed by atoms with Crippen LogP contribution in [0.5, 0.6) is 0 Å². The Labute approximate surface area is 191 Å². The number of halogens is 1. The zero-order chi connectivity index (χ0) is 22.4. The van der Waals surface area contributed by atoms with E-state index in [0.29, 0.717) is 16.5 Å². The molecule has 0 saturated carbocycles. The van der Waals surface area contributed by atoms with Crippen LogP contribution < -0.4 is 11.2 Å². The molecule has 2 aromatic carbocycles. The SMILES string of the molecule is Cc1ccc(CN(Cc2ccc(/C=N/NC(N)=S)o2)S(=O)(=O)c2ccc(Cl)cc2)cc1. The van der Waals surface area contributed by atoms with Crippen LogP contribution in [0.3, 0.4) is 0 Å². The highest BCUT2D eigenvalue weighted by Gasteiger charge is 2.26. The van der Waals surface area contributed by atoms with Gasteiger partial charge in [-0.3, -0.25) is 5.43 Å².